The average molecular weight is 299 g/mol. The number of carbonyl (C=O) groups excluding carboxylic acids is 1. The molecular weight excluding hydrogens is 276 g/mol. The maximum Gasteiger partial charge on any atom is 0.337 e. The van der Waals surface area contributed by atoms with E-state index in [4.69, 9.17) is 10.5 Å². The van der Waals surface area contributed by atoms with Crippen molar-refractivity contribution in [2.45, 2.75) is 25.9 Å². The number of esters is 1. The minimum atomic E-state index is -0.288. The summed E-state index contributed by atoms with van der Waals surface area (Å²) in [4.78, 5) is 13.8. The highest BCUT2D eigenvalue weighted by Gasteiger charge is 2.27. The van der Waals surface area contributed by atoms with E-state index in [2.05, 4.69) is 11.8 Å². The lowest BCUT2D eigenvalue weighted by Crippen LogP contribution is -2.27. The summed E-state index contributed by atoms with van der Waals surface area (Å²) in [5, 5.41) is 0. The second-order valence-electron chi connectivity index (χ2n) is 5.30. The molecule has 1 aromatic rings. The molecule has 20 heavy (non-hydrogen) atoms. The molecule has 5 heteroatoms. The monoisotopic (exact) mass is 298 g/mol. The Balaban J connectivity index is 0.00000200. The maximum absolute atomic E-state index is 11.4. The third kappa shape index (κ3) is 3.95. The van der Waals surface area contributed by atoms with Gasteiger partial charge in [-0.05, 0) is 43.5 Å². The second kappa shape index (κ2) is 7.62. The molecule has 0 saturated carbocycles. The predicted molar refractivity (Wildman–Crippen MR) is 82.1 cm³/mol. The highest BCUT2D eigenvalue weighted by molar-refractivity contribution is 5.89. The van der Waals surface area contributed by atoms with Crippen molar-refractivity contribution in [2.24, 2.45) is 11.7 Å². The van der Waals surface area contributed by atoms with Crippen molar-refractivity contribution in [2.75, 3.05) is 20.2 Å². The Hall–Kier alpha value is -1.10. The molecule has 0 aromatic heterocycles. The Morgan fingerprint density at radius 2 is 2.05 bits per heavy atom. The third-order valence-corrected chi connectivity index (χ3v) is 3.88. The smallest absolute Gasteiger partial charge is 0.337 e. The van der Waals surface area contributed by atoms with Gasteiger partial charge < -0.3 is 10.5 Å². The molecule has 1 aromatic carbocycles. The molecule has 4 nitrogen and oxygen atoms in total. The van der Waals surface area contributed by atoms with Crippen molar-refractivity contribution >= 4 is 18.4 Å². The number of halogens is 1. The van der Waals surface area contributed by atoms with Crippen LogP contribution in [0.2, 0.25) is 0 Å². The second-order valence-corrected chi connectivity index (χ2v) is 5.30. The van der Waals surface area contributed by atoms with Crippen molar-refractivity contribution in [3.63, 3.8) is 0 Å². The van der Waals surface area contributed by atoms with Gasteiger partial charge in [0, 0.05) is 19.1 Å². The van der Waals surface area contributed by atoms with Crippen LogP contribution in [0.4, 0.5) is 0 Å². The molecule has 1 aliphatic heterocycles. The van der Waals surface area contributed by atoms with Gasteiger partial charge in [-0.15, -0.1) is 12.4 Å². The average Bonchev–Trinajstić information content (AvgIpc) is 2.79. The van der Waals surface area contributed by atoms with Gasteiger partial charge in [-0.3, -0.25) is 4.90 Å². The lowest BCUT2D eigenvalue weighted by molar-refractivity contribution is 0.0600. The summed E-state index contributed by atoms with van der Waals surface area (Å²) in [5.41, 5.74) is 7.56. The lowest BCUT2D eigenvalue weighted by atomic mass is 10.1. The molecule has 2 unspecified atom stereocenters. The van der Waals surface area contributed by atoms with E-state index in [1.807, 2.05) is 24.3 Å². The quantitative estimate of drug-likeness (QED) is 0.865. The molecule has 0 amide bonds. The van der Waals surface area contributed by atoms with Crippen molar-refractivity contribution in [1.29, 1.82) is 0 Å². The predicted octanol–water partition coefficient (Wildman–Crippen LogP) is 2.06. The zero-order valence-electron chi connectivity index (χ0n) is 12.0. The van der Waals surface area contributed by atoms with E-state index in [0.29, 0.717) is 17.5 Å². The molecule has 0 radical (unpaired) electrons. The highest BCUT2D eigenvalue weighted by atomic mass is 35.5. The van der Waals surface area contributed by atoms with Gasteiger partial charge in [0.2, 0.25) is 0 Å². The van der Waals surface area contributed by atoms with Crippen molar-refractivity contribution in [3.8, 4) is 0 Å². The van der Waals surface area contributed by atoms with Crippen LogP contribution in [0.15, 0.2) is 24.3 Å². The zero-order valence-corrected chi connectivity index (χ0v) is 12.9. The first-order chi connectivity index (χ1) is 9.13. The SMILES string of the molecule is COC(=O)c1ccc(CN2CC(CN)CC2C)cc1.Cl. The van der Waals surface area contributed by atoms with Crippen LogP contribution in [0.3, 0.4) is 0 Å². The number of methoxy groups -OCH3 is 1. The summed E-state index contributed by atoms with van der Waals surface area (Å²) in [6.07, 6.45) is 1.18. The van der Waals surface area contributed by atoms with Gasteiger partial charge >= 0.3 is 5.97 Å². The summed E-state index contributed by atoms with van der Waals surface area (Å²) >= 11 is 0. The Morgan fingerprint density at radius 3 is 2.55 bits per heavy atom. The van der Waals surface area contributed by atoms with Gasteiger partial charge in [0.25, 0.3) is 0 Å². The van der Waals surface area contributed by atoms with Crippen LogP contribution in [0, 0.1) is 5.92 Å². The minimum Gasteiger partial charge on any atom is -0.465 e. The number of carbonyl (C=O) groups is 1. The highest BCUT2D eigenvalue weighted by Crippen LogP contribution is 2.24. The van der Waals surface area contributed by atoms with Gasteiger partial charge in [0.1, 0.15) is 0 Å². The number of nitrogens with two attached hydrogens (primary N) is 1. The fourth-order valence-electron chi connectivity index (χ4n) is 2.71. The van der Waals surface area contributed by atoms with Gasteiger partial charge in [-0.1, -0.05) is 12.1 Å². The fraction of sp³-hybridized carbons (Fsp3) is 0.533. The maximum atomic E-state index is 11.4. The topological polar surface area (TPSA) is 55.6 Å². The van der Waals surface area contributed by atoms with Crippen LogP contribution in [0.1, 0.15) is 29.3 Å². The van der Waals surface area contributed by atoms with Crippen LogP contribution in [-0.4, -0.2) is 37.1 Å². The number of nitrogens with zero attached hydrogens (tertiary/aromatic N) is 1. The van der Waals surface area contributed by atoms with Crippen LogP contribution in [0.25, 0.3) is 0 Å². The van der Waals surface area contributed by atoms with Crippen molar-refractivity contribution in [3.05, 3.63) is 35.4 Å². The molecule has 1 heterocycles. The number of benzene rings is 1. The van der Waals surface area contributed by atoms with E-state index in [1.165, 1.54) is 19.1 Å². The van der Waals surface area contributed by atoms with Crippen LogP contribution >= 0.6 is 12.4 Å². The minimum absolute atomic E-state index is 0. The van der Waals surface area contributed by atoms with Crippen LogP contribution in [0.5, 0.6) is 0 Å². The Morgan fingerprint density at radius 1 is 1.40 bits per heavy atom. The summed E-state index contributed by atoms with van der Waals surface area (Å²) in [5.74, 6) is 0.327. The lowest BCUT2D eigenvalue weighted by Gasteiger charge is -2.21. The van der Waals surface area contributed by atoms with E-state index in [9.17, 15) is 4.79 Å². The summed E-state index contributed by atoms with van der Waals surface area (Å²) in [6.45, 7) is 5.00. The Labute approximate surface area is 126 Å². The number of ether oxygens (including phenoxy) is 1. The van der Waals surface area contributed by atoms with Crippen molar-refractivity contribution < 1.29 is 9.53 Å². The normalized spacial score (nSPS) is 22.4. The number of hydrogen-bond acceptors (Lipinski definition) is 4. The van der Waals surface area contributed by atoms with Crippen molar-refractivity contribution in [1.82, 2.24) is 4.90 Å². The molecule has 1 saturated heterocycles. The molecule has 0 aliphatic carbocycles. The number of hydrogen-bond donors (Lipinski definition) is 1. The Kier molecular flexibility index (Phi) is 6.46. The first kappa shape index (κ1) is 17.0. The molecule has 2 atom stereocenters. The molecule has 112 valence electrons. The molecule has 0 spiro atoms. The van der Waals surface area contributed by atoms with E-state index in [0.717, 1.165) is 19.6 Å². The summed E-state index contributed by atoms with van der Waals surface area (Å²) in [7, 11) is 1.40. The molecule has 0 bridgehead atoms. The van der Waals surface area contributed by atoms with E-state index >= 15 is 0 Å². The molecule has 2 rings (SSSR count). The van der Waals surface area contributed by atoms with Crippen LogP contribution < -0.4 is 5.73 Å². The number of rotatable bonds is 4. The van der Waals surface area contributed by atoms with Gasteiger partial charge in [0.05, 0.1) is 12.7 Å². The first-order valence-electron chi connectivity index (χ1n) is 6.75. The standard InChI is InChI=1S/C15H22N2O2.ClH/c1-11-7-13(8-16)10-17(11)9-12-3-5-14(6-4-12)15(18)19-2;/h3-6,11,13H,7-10,16H2,1-2H3;1H. The van der Waals surface area contributed by atoms with Gasteiger partial charge in [-0.2, -0.15) is 0 Å². The van der Waals surface area contributed by atoms with Crippen LogP contribution in [-0.2, 0) is 11.3 Å². The Bertz CT molecular complexity index is 436. The summed E-state index contributed by atoms with van der Waals surface area (Å²) < 4.78 is 4.69. The zero-order chi connectivity index (χ0) is 13.8. The number of likely N-dealkylation sites (tertiary alicyclic amines) is 1. The fourth-order valence-corrected chi connectivity index (χ4v) is 2.71. The third-order valence-electron chi connectivity index (χ3n) is 3.88. The largest absolute Gasteiger partial charge is 0.465 e. The van der Waals surface area contributed by atoms with E-state index < -0.39 is 0 Å². The van der Waals surface area contributed by atoms with E-state index in [-0.39, 0.29) is 18.4 Å². The van der Waals surface area contributed by atoms with E-state index in [1.54, 1.807) is 0 Å². The molecule has 1 fully saturated rings. The molecule has 1 aliphatic rings. The molecular formula is C15H23ClN2O2. The summed E-state index contributed by atoms with van der Waals surface area (Å²) in [6, 6.07) is 8.21. The molecule has 2 N–H and O–H groups in total. The van der Waals surface area contributed by atoms with Gasteiger partial charge in [0.15, 0.2) is 0 Å². The first-order valence-corrected chi connectivity index (χ1v) is 6.75. The van der Waals surface area contributed by atoms with Gasteiger partial charge in [-0.25, -0.2) is 4.79 Å².